The van der Waals surface area contributed by atoms with Crippen molar-refractivity contribution in [2.24, 2.45) is 0 Å². The van der Waals surface area contributed by atoms with Gasteiger partial charge >= 0.3 is 0 Å². The maximum Gasteiger partial charge on any atom is 0.202 e. The predicted octanol–water partition coefficient (Wildman–Crippen LogP) is 3.23. The zero-order valence-corrected chi connectivity index (χ0v) is 10.9. The molecule has 0 aliphatic rings. The molecule has 1 N–H and O–H groups in total. The molecule has 5 heteroatoms. The fourth-order valence-electron chi connectivity index (χ4n) is 1.90. The summed E-state index contributed by atoms with van der Waals surface area (Å²) in [5.74, 6) is -0.284. The molecule has 2 aromatic rings. The number of hydrogen-bond acceptors (Lipinski definition) is 2. The lowest BCUT2D eigenvalue weighted by molar-refractivity contribution is 0.576. The maximum absolute atomic E-state index is 13.1. The van der Waals surface area contributed by atoms with Crippen molar-refractivity contribution in [3.8, 4) is 0 Å². The molecule has 0 spiro atoms. The molecule has 0 aliphatic carbocycles. The Balaban J connectivity index is 2.00. The Labute approximate surface area is 111 Å². The van der Waals surface area contributed by atoms with Gasteiger partial charge in [-0.3, -0.25) is 0 Å². The van der Waals surface area contributed by atoms with E-state index in [1.54, 1.807) is 6.20 Å². The van der Waals surface area contributed by atoms with Gasteiger partial charge in [-0.1, -0.05) is 6.92 Å². The summed E-state index contributed by atoms with van der Waals surface area (Å²) in [5.41, 5.74) is 0.646. The third kappa shape index (κ3) is 3.77. The molecule has 1 aromatic heterocycles. The third-order valence-electron chi connectivity index (χ3n) is 2.81. The van der Waals surface area contributed by atoms with Crippen LogP contribution in [0.3, 0.4) is 0 Å². The highest BCUT2D eigenvalue weighted by atomic mass is 19.1. The first kappa shape index (κ1) is 13.5. The lowest BCUT2D eigenvalue weighted by Gasteiger charge is -2.09. The largest absolute Gasteiger partial charge is 0.356 e. The van der Waals surface area contributed by atoms with Crippen LogP contribution in [-0.2, 0) is 13.0 Å². The van der Waals surface area contributed by atoms with Crippen molar-refractivity contribution in [1.29, 1.82) is 0 Å². The maximum atomic E-state index is 13.1. The molecule has 2 rings (SSSR count). The summed E-state index contributed by atoms with van der Waals surface area (Å²) in [6.45, 7) is 3.57. The number of benzene rings is 1. The van der Waals surface area contributed by atoms with Crippen molar-refractivity contribution in [3.63, 3.8) is 0 Å². The number of aromatic nitrogens is 2. The summed E-state index contributed by atoms with van der Waals surface area (Å²) >= 11 is 0. The van der Waals surface area contributed by atoms with Crippen molar-refractivity contribution in [3.05, 3.63) is 47.8 Å². The first-order valence-corrected chi connectivity index (χ1v) is 6.39. The number of halogens is 2. The minimum Gasteiger partial charge on any atom is -0.356 e. The summed E-state index contributed by atoms with van der Waals surface area (Å²) < 4.78 is 28.1. The second-order valence-electron chi connectivity index (χ2n) is 4.40. The van der Waals surface area contributed by atoms with Gasteiger partial charge in [0.25, 0.3) is 0 Å². The van der Waals surface area contributed by atoms with Crippen LogP contribution < -0.4 is 5.32 Å². The number of nitrogens with zero attached hydrogens (tertiary/aromatic N) is 2. The second kappa shape index (κ2) is 6.31. The second-order valence-corrected chi connectivity index (χ2v) is 4.40. The average Bonchev–Trinajstić information content (AvgIpc) is 2.80. The number of aryl methyl sites for hydroxylation is 2. The van der Waals surface area contributed by atoms with Crippen molar-refractivity contribution >= 4 is 5.95 Å². The average molecular weight is 265 g/mol. The zero-order valence-electron chi connectivity index (χ0n) is 10.9. The molecular formula is C14H17F2N3. The van der Waals surface area contributed by atoms with Crippen molar-refractivity contribution < 1.29 is 8.78 Å². The van der Waals surface area contributed by atoms with Gasteiger partial charge in [0.1, 0.15) is 11.6 Å². The Kier molecular flexibility index (Phi) is 4.49. The molecule has 0 radical (unpaired) electrons. The molecule has 1 heterocycles. The van der Waals surface area contributed by atoms with E-state index in [1.807, 2.05) is 10.8 Å². The highest BCUT2D eigenvalue weighted by Crippen LogP contribution is 2.11. The fraction of sp³-hybridized carbons (Fsp3) is 0.357. The molecule has 0 atom stereocenters. The molecule has 102 valence electrons. The van der Waals surface area contributed by atoms with Gasteiger partial charge in [-0.2, -0.15) is 0 Å². The van der Waals surface area contributed by atoms with E-state index in [9.17, 15) is 8.78 Å². The van der Waals surface area contributed by atoms with E-state index in [4.69, 9.17) is 0 Å². The topological polar surface area (TPSA) is 29.9 Å². The zero-order chi connectivity index (χ0) is 13.7. The summed E-state index contributed by atoms with van der Waals surface area (Å²) in [6, 6.07) is 3.60. The number of imidazole rings is 1. The predicted molar refractivity (Wildman–Crippen MR) is 71.1 cm³/mol. The fourth-order valence-corrected chi connectivity index (χ4v) is 1.90. The van der Waals surface area contributed by atoms with Crippen LogP contribution in [-0.4, -0.2) is 16.1 Å². The quantitative estimate of drug-likeness (QED) is 0.869. The Hall–Kier alpha value is -1.91. The van der Waals surface area contributed by atoms with Gasteiger partial charge < -0.3 is 9.88 Å². The number of anilines is 1. The Morgan fingerprint density at radius 2 is 1.95 bits per heavy atom. The number of rotatable bonds is 6. The van der Waals surface area contributed by atoms with Crippen molar-refractivity contribution in [2.45, 2.75) is 26.3 Å². The number of nitrogens with one attached hydrogen (secondary N) is 1. The van der Waals surface area contributed by atoms with Gasteiger partial charge in [0.15, 0.2) is 0 Å². The van der Waals surface area contributed by atoms with Gasteiger partial charge in [-0.15, -0.1) is 0 Å². The van der Waals surface area contributed by atoms with Gasteiger partial charge in [0, 0.05) is 31.5 Å². The summed E-state index contributed by atoms with van der Waals surface area (Å²) in [4.78, 5) is 4.20. The van der Waals surface area contributed by atoms with E-state index >= 15 is 0 Å². The van der Waals surface area contributed by atoms with Crippen LogP contribution in [0.25, 0.3) is 0 Å². The molecule has 1 aromatic carbocycles. The van der Waals surface area contributed by atoms with E-state index in [-0.39, 0.29) is 0 Å². The van der Waals surface area contributed by atoms with Gasteiger partial charge in [-0.25, -0.2) is 13.8 Å². The molecule has 0 unspecified atom stereocenters. The first-order chi connectivity index (χ1) is 9.19. The minimum atomic E-state index is -0.537. The first-order valence-electron chi connectivity index (χ1n) is 6.39. The summed E-state index contributed by atoms with van der Waals surface area (Å²) in [7, 11) is 0. The van der Waals surface area contributed by atoms with E-state index in [0.29, 0.717) is 18.5 Å². The van der Waals surface area contributed by atoms with Gasteiger partial charge in [0.2, 0.25) is 5.95 Å². The molecule has 19 heavy (non-hydrogen) atoms. The molecule has 0 saturated carbocycles. The highest BCUT2D eigenvalue weighted by Gasteiger charge is 2.04. The molecular weight excluding hydrogens is 248 g/mol. The standard InChI is InChI=1S/C14H17F2N3/c1-2-4-17-14-18-5-7-19(14)6-3-11-8-12(15)10-13(16)9-11/h5,7-10H,2-4,6H2,1H3,(H,17,18). The van der Waals surface area contributed by atoms with Crippen LogP contribution >= 0.6 is 0 Å². The van der Waals surface area contributed by atoms with Crippen molar-refractivity contribution in [2.75, 3.05) is 11.9 Å². The Morgan fingerprint density at radius 3 is 2.63 bits per heavy atom. The smallest absolute Gasteiger partial charge is 0.202 e. The van der Waals surface area contributed by atoms with Crippen LogP contribution in [0.5, 0.6) is 0 Å². The van der Waals surface area contributed by atoms with Crippen LogP contribution in [0.2, 0.25) is 0 Å². The van der Waals surface area contributed by atoms with E-state index in [0.717, 1.165) is 25.0 Å². The van der Waals surface area contributed by atoms with E-state index in [2.05, 4.69) is 17.2 Å². The van der Waals surface area contributed by atoms with Gasteiger partial charge in [0.05, 0.1) is 0 Å². The number of hydrogen-bond donors (Lipinski definition) is 1. The summed E-state index contributed by atoms with van der Waals surface area (Å²) in [6.07, 6.45) is 5.14. The normalized spacial score (nSPS) is 10.7. The van der Waals surface area contributed by atoms with Crippen LogP contribution in [0.15, 0.2) is 30.6 Å². The SMILES string of the molecule is CCCNc1nccn1CCc1cc(F)cc(F)c1. The molecule has 0 amide bonds. The van der Waals surface area contributed by atoms with Crippen LogP contribution in [0.1, 0.15) is 18.9 Å². The molecule has 0 aliphatic heterocycles. The Bertz CT molecular complexity index is 517. The molecule has 0 fully saturated rings. The minimum absolute atomic E-state index is 0.537. The van der Waals surface area contributed by atoms with Crippen LogP contribution in [0, 0.1) is 11.6 Å². The molecule has 0 saturated heterocycles. The lowest BCUT2D eigenvalue weighted by atomic mass is 10.1. The highest BCUT2D eigenvalue weighted by molar-refractivity contribution is 5.26. The summed E-state index contributed by atoms with van der Waals surface area (Å²) in [5, 5.41) is 3.21. The van der Waals surface area contributed by atoms with Crippen LogP contribution in [0.4, 0.5) is 14.7 Å². The third-order valence-corrected chi connectivity index (χ3v) is 2.81. The lowest BCUT2D eigenvalue weighted by Crippen LogP contribution is -2.09. The van der Waals surface area contributed by atoms with E-state index in [1.165, 1.54) is 12.1 Å². The molecule has 3 nitrogen and oxygen atoms in total. The molecule has 0 bridgehead atoms. The van der Waals surface area contributed by atoms with Crippen molar-refractivity contribution in [1.82, 2.24) is 9.55 Å². The van der Waals surface area contributed by atoms with E-state index < -0.39 is 11.6 Å². The Morgan fingerprint density at radius 1 is 1.21 bits per heavy atom. The van der Waals surface area contributed by atoms with Gasteiger partial charge in [-0.05, 0) is 30.5 Å². The monoisotopic (exact) mass is 265 g/mol.